The quantitative estimate of drug-likeness (QED) is 0.436. The van der Waals surface area contributed by atoms with E-state index >= 15 is 0 Å². The summed E-state index contributed by atoms with van der Waals surface area (Å²) in [5, 5.41) is 32.3. The van der Waals surface area contributed by atoms with E-state index in [0.717, 1.165) is 5.04 Å². The molecule has 0 spiro atoms. The molecule has 2 aliphatic heterocycles. The van der Waals surface area contributed by atoms with Crippen molar-refractivity contribution in [2.24, 2.45) is 4.99 Å². The van der Waals surface area contributed by atoms with E-state index in [9.17, 15) is 19.7 Å². The highest BCUT2D eigenvalue weighted by molar-refractivity contribution is 8.14. The fourth-order valence-corrected chi connectivity index (χ4v) is 3.60. The van der Waals surface area contributed by atoms with Crippen molar-refractivity contribution in [2.75, 3.05) is 19.8 Å². The number of thioether (sulfide) groups is 1. The van der Waals surface area contributed by atoms with Crippen molar-refractivity contribution in [3.8, 4) is 0 Å². The summed E-state index contributed by atoms with van der Waals surface area (Å²) in [5.41, 5.74) is -0.377. The van der Waals surface area contributed by atoms with Crippen molar-refractivity contribution in [3.05, 3.63) is 0 Å². The maximum Gasteiger partial charge on any atom is 0.134 e. The average molecular weight is 309 g/mol. The zero-order valence-electron chi connectivity index (χ0n) is 11.4. The first kappa shape index (κ1) is 16.1. The number of ether oxygens (including phenoxy) is 1. The lowest BCUT2D eigenvalue weighted by Crippen LogP contribution is -2.85. The fourth-order valence-electron chi connectivity index (χ4n) is 2.39. The zero-order valence-corrected chi connectivity index (χ0v) is 12.2. The van der Waals surface area contributed by atoms with Crippen molar-refractivity contribution >= 4 is 16.8 Å². The van der Waals surface area contributed by atoms with E-state index in [1.807, 2.05) is 5.32 Å². The van der Waals surface area contributed by atoms with Gasteiger partial charge in [0, 0.05) is 6.42 Å². The Hall–Kier alpha value is -0.250. The van der Waals surface area contributed by atoms with Crippen LogP contribution in [0.5, 0.6) is 0 Å². The van der Waals surface area contributed by atoms with E-state index in [0.29, 0.717) is 19.5 Å². The first-order chi connectivity index (χ1) is 9.54. The number of nitrogens with two attached hydrogens (primary N) is 1. The topological polar surface area (TPSA) is 98.9 Å². The molecule has 2 aliphatic rings. The van der Waals surface area contributed by atoms with E-state index in [-0.39, 0.29) is 12.1 Å². The molecule has 6 nitrogen and oxygen atoms in total. The van der Waals surface area contributed by atoms with Crippen LogP contribution in [0.3, 0.4) is 0 Å². The molecule has 8 heteroatoms. The van der Waals surface area contributed by atoms with Crippen LogP contribution in [0.1, 0.15) is 13.3 Å². The number of halogens is 1. The van der Waals surface area contributed by atoms with Gasteiger partial charge in [0.2, 0.25) is 0 Å². The fraction of sp³-hybridized carbons (Fsp3) is 0.917. The molecule has 0 amide bonds. The number of aliphatic hydroxyl groups is 3. The van der Waals surface area contributed by atoms with Gasteiger partial charge in [-0.2, -0.15) is 0 Å². The summed E-state index contributed by atoms with van der Waals surface area (Å²) in [6.07, 6.45) is -3.34. The number of hydrogen-bond acceptors (Lipinski definition) is 6. The Morgan fingerprint density at radius 1 is 1.45 bits per heavy atom. The van der Waals surface area contributed by atoms with Gasteiger partial charge in [0.05, 0.1) is 19.3 Å². The number of hydrogen-bond donors (Lipinski definition) is 4. The number of aliphatic imine (C=N–C) groups is 1. The summed E-state index contributed by atoms with van der Waals surface area (Å²) in [5.74, 6) is 0. The van der Waals surface area contributed by atoms with Crippen LogP contribution in [-0.2, 0) is 4.74 Å². The molecular formula is C12H22FN2O4S+. The van der Waals surface area contributed by atoms with Crippen molar-refractivity contribution < 1.29 is 29.8 Å². The molecular weight excluding hydrogens is 287 g/mol. The summed E-state index contributed by atoms with van der Waals surface area (Å²) in [7, 11) is 0. The highest BCUT2D eigenvalue weighted by atomic mass is 32.2. The summed E-state index contributed by atoms with van der Waals surface area (Å²) in [4.78, 5) is 4.37. The minimum atomic E-state index is -1.14. The van der Waals surface area contributed by atoms with E-state index in [1.165, 1.54) is 18.7 Å². The van der Waals surface area contributed by atoms with E-state index in [4.69, 9.17) is 4.74 Å². The van der Waals surface area contributed by atoms with Gasteiger partial charge in [0.15, 0.2) is 0 Å². The van der Waals surface area contributed by atoms with Crippen LogP contribution in [-0.4, -0.2) is 76.0 Å². The van der Waals surface area contributed by atoms with Crippen LogP contribution < -0.4 is 5.32 Å². The van der Waals surface area contributed by atoms with Gasteiger partial charge in [-0.3, -0.25) is 9.38 Å². The molecule has 6 unspecified atom stereocenters. The molecule has 1 saturated heterocycles. The van der Waals surface area contributed by atoms with Crippen molar-refractivity contribution in [1.82, 2.24) is 0 Å². The van der Waals surface area contributed by atoms with Gasteiger partial charge in [0.1, 0.15) is 41.4 Å². The average Bonchev–Trinajstić information content (AvgIpc) is 2.82. The Balaban J connectivity index is 1.91. The van der Waals surface area contributed by atoms with E-state index in [2.05, 4.69) is 4.99 Å². The van der Waals surface area contributed by atoms with E-state index in [1.54, 1.807) is 0 Å². The van der Waals surface area contributed by atoms with Crippen LogP contribution in [0.15, 0.2) is 4.99 Å². The summed E-state index contributed by atoms with van der Waals surface area (Å²) >= 11 is 1.40. The monoisotopic (exact) mass is 309 g/mol. The number of nitrogens with zero attached hydrogens (tertiary/aromatic N) is 1. The molecule has 0 aliphatic carbocycles. The lowest BCUT2D eigenvalue weighted by molar-refractivity contribution is -0.641. The normalized spacial score (nSPS) is 38.5. The van der Waals surface area contributed by atoms with Crippen LogP contribution in [0.4, 0.5) is 4.39 Å². The molecule has 116 valence electrons. The summed E-state index contributed by atoms with van der Waals surface area (Å²) < 4.78 is 17.6. The molecule has 0 bridgehead atoms. The lowest BCUT2D eigenvalue weighted by Gasteiger charge is -2.39. The van der Waals surface area contributed by atoms with Gasteiger partial charge in [0.25, 0.3) is 0 Å². The van der Waals surface area contributed by atoms with Gasteiger partial charge in [-0.15, -0.1) is 0 Å². The molecule has 2 heterocycles. The van der Waals surface area contributed by atoms with Gasteiger partial charge in [-0.05, 0) is 6.92 Å². The highest BCUT2D eigenvalue weighted by Crippen LogP contribution is 2.36. The number of alkyl halides is 1. The van der Waals surface area contributed by atoms with Gasteiger partial charge in [-0.1, -0.05) is 11.8 Å². The third kappa shape index (κ3) is 3.49. The van der Waals surface area contributed by atoms with Crippen molar-refractivity contribution in [3.63, 3.8) is 0 Å². The van der Waals surface area contributed by atoms with Crippen LogP contribution in [0, 0.1) is 0 Å². The Kier molecular flexibility index (Phi) is 5.76. The third-order valence-corrected chi connectivity index (χ3v) is 4.65. The minimum absolute atomic E-state index is 0.328. The third-order valence-electron chi connectivity index (χ3n) is 3.49. The number of quaternary nitrogens is 1. The molecule has 20 heavy (non-hydrogen) atoms. The van der Waals surface area contributed by atoms with Crippen LogP contribution in [0.2, 0.25) is 0 Å². The zero-order chi connectivity index (χ0) is 14.7. The molecule has 5 N–H and O–H groups in total. The largest absolute Gasteiger partial charge is 0.391 e. The second-order valence-electron chi connectivity index (χ2n) is 5.15. The second-order valence-corrected chi connectivity index (χ2v) is 6.32. The maximum atomic E-state index is 12.0. The molecule has 6 atom stereocenters. The number of rotatable bonds is 6. The smallest absolute Gasteiger partial charge is 0.134 e. The Bertz CT molecular complexity index is 358. The van der Waals surface area contributed by atoms with Crippen LogP contribution in [0.25, 0.3) is 0 Å². The molecule has 0 radical (unpaired) electrons. The number of fused-ring (bicyclic) bond motifs is 1. The van der Waals surface area contributed by atoms with Crippen LogP contribution >= 0.6 is 11.8 Å². The van der Waals surface area contributed by atoms with Gasteiger partial charge in [-0.25, -0.2) is 0 Å². The number of aliphatic hydroxyl groups excluding tert-OH is 3. The van der Waals surface area contributed by atoms with Crippen molar-refractivity contribution in [1.29, 1.82) is 0 Å². The molecule has 2 rings (SSSR count). The molecule has 0 aromatic rings. The highest BCUT2D eigenvalue weighted by Gasteiger charge is 2.49. The Morgan fingerprint density at radius 3 is 2.85 bits per heavy atom. The standard InChI is InChI=1S/C12H21FN2O4S/c1-6(16)11-10(18)9(17)8-12(19-11)20-7(15-8)5-14-4-2-3-13/h6,8-12,14,16-18H,2-5H2,1H3/p+1. The second kappa shape index (κ2) is 7.15. The molecule has 1 fully saturated rings. The predicted octanol–water partition coefficient (Wildman–Crippen LogP) is -1.75. The maximum absolute atomic E-state index is 12.0. The first-order valence-corrected chi connectivity index (χ1v) is 7.73. The van der Waals surface area contributed by atoms with Gasteiger partial charge < -0.3 is 25.4 Å². The predicted molar refractivity (Wildman–Crippen MR) is 73.4 cm³/mol. The van der Waals surface area contributed by atoms with Gasteiger partial charge >= 0.3 is 0 Å². The van der Waals surface area contributed by atoms with Crippen molar-refractivity contribution in [2.45, 2.75) is 49.2 Å². The lowest BCUT2D eigenvalue weighted by atomic mass is 9.95. The summed E-state index contributed by atoms with van der Waals surface area (Å²) in [6.45, 7) is 2.50. The van der Waals surface area contributed by atoms with E-state index < -0.39 is 30.5 Å². The summed E-state index contributed by atoms with van der Waals surface area (Å²) in [6, 6.07) is -0.505. The SMILES string of the molecule is CC(O)C1OC2SC(C[NH2+]CCCF)=NC2C(O)C1O. The minimum Gasteiger partial charge on any atom is -0.391 e. The Morgan fingerprint density at radius 2 is 2.20 bits per heavy atom. The molecule has 0 saturated carbocycles. The Labute approximate surface area is 121 Å². The molecule has 0 aromatic carbocycles. The first-order valence-electron chi connectivity index (χ1n) is 6.85. The molecule has 0 aromatic heterocycles.